The second kappa shape index (κ2) is 6.44. The predicted octanol–water partition coefficient (Wildman–Crippen LogP) is 2.92. The van der Waals surface area contributed by atoms with Gasteiger partial charge in [0.15, 0.2) is 0 Å². The lowest BCUT2D eigenvalue weighted by molar-refractivity contribution is -0.119. The van der Waals surface area contributed by atoms with Gasteiger partial charge in [0.25, 0.3) is 0 Å². The average Bonchev–Trinajstić information content (AvgIpc) is 3.26. The van der Waals surface area contributed by atoms with Gasteiger partial charge in [-0.2, -0.15) is 5.10 Å². The van der Waals surface area contributed by atoms with E-state index in [0.717, 1.165) is 33.8 Å². The van der Waals surface area contributed by atoms with Crippen molar-refractivity contribution >= 4 is 11.4 Å². The minimum Gasteiger partial charge on any atom is -0.488 e. The Labute approximate surface area is 152 Å². The largest absolute Gasteiger partial charge is 0.488 e. The number of rotatable bonds is 4. The van der Waals surface area contributed by atoms with E-state index in [9.17, 15) is 4.79 Å². The van der Waals surface area contributed by atoms with Crippen LogP contribution in [0.25, 0.3) is 16.8 Å². The van der Waals surface area contributed by atoms with Crippen molar-refractivity contribution in [1.29, 1.82) is 0 Å². The number of hydrogen-bond donors (Lipinski definition) is 1. The maximum atomic E-state index is 11.5. The molecule has 1 aliphatic heterocycles. The van der Waals surface area contributed by atoms with Crippen LogP contribution in [0.3, 0.4) is 0 Å². The molecule has 4 rings (SSSR count). The molecule has 3 aromatic rings. The molecule has 1 fully saturated rings. The molecule has 2 unspecified atom stereocenters. The van der Waals surface area contributed by atoms with Crippen molar-refractivity contribution in [3.8, 4) is 17.0 Å². The van der Waals surface area contributed by atoms with Crippen LogP contribution in [-0.2, 0) is 4.79 Å². The van der Waals surface area contributed by atoms with Crippen molar-refractivity contribution in [3.63, 3.8) is 0 Å². The lowest BCUT2D eigenvalue weighted by atomic mass is 10.0. The van der Waals surface area contributed by atoms with E-state index in [1.807, 2.05) is 42.8 Å². The van der Waals surface area contributed by atoms with Gasteiger partial charge in [0, 0.05) is 36.3 Å². The quantitative estimate of drug-likeness (QED) is 0.785. The van der Waals surface area contributed by atoms with E-state index in [2.05, 4.69) is 23.4 Å². The van der Waals surface area contributed by atoms with Gasteiger partial charge in [0.1, 0.15) is 17.4 Å². The number of nitrogens with zero attached hydrogens (tertiary/aromatic N) is 3. The zero-order valence-corrected chi connectivity index (χ0v) is 15.2. The number of carbonyl (C=O) groups is 1. The molecule has 4 heterocycles. The molecule has 3 aromatic heterocycles. The molecule has 26 heavy (non-hydrogen) atoms. The van der Waals surface area contributed by atoms with Crippen molar-refractivity contribution in [2.45, 2.75) is 33.3 Å². The summed E-state index contributed by atoms with van der Waals surface area (Å²) in [6, 6.07) is 8.02. The Morgan fingerprint density at radius 3 is 2.88 bits per heavy atom. The first-order valence-electron chi connectivity index (χ1n) is 8.86. The zero-order valence-electron chi connectivity index (χ0n) is 15.2. The molecule has 2 atom stereocenters. The summed E-state index contributed by atoms with van der Waals surface area (Å²) in [5.41, 5.74) is 4.92. The maximum Gasteiger partial charge on any atom is 0.220 e. The van der Waals surface area contributed by atoms with Crippen LogP contribution in [0.1, 0.15) is 24.6 Å². The van der Waals surface area contributed by atoms with Crippen molar-refractivity contribution in [2.75, 3.05) is 6.54 Å². The van der Waals surface area contributed by atoms with E-state index >= 15 is 0 Å². The van der Waals surface area contributed by atoms with Crippen molar-refractivity contribution in [3.05, 3.63) is 47.9 Å². The number of hydrogen-bond acceptors (Lipinski definition) is 4. The van der Waals surface area contributed by atoms with Gasteiger partial charge in [-0.15, -0.1) is 0 Å². The lowest BCUT2D eigenvalue weighted by Crippen LogP contribution is -2.25. The van der Waals surface area contributed by atoms with Crippen molar-refractivity contribution in [2.24, 2.45) is 5.92 Å². The first-order valence-corrected chi connectivity index (χ1v) is 8.86. The molecule has 1 N–H and O–H groups in total. The summed E-state index contributed by atoms with van der Waals surface area (Å²) >= 11 is 0. The van der Waals surface area contributed by atoms with Crippen LogP contribution in [0.2, 0.25) is 0 Å². The molecule has 0 saturated carbocycles. The fourth-order valence-corrected chi connectivity index (χ4v) is 3.28. The summed E-state index contributed by atoms with van der Waals surface area (Å²) in [5.74, 6) is 1.02. The Morgan fingerprint density at radius 1 is 1.31 bits per heavy atom. The highest BCUT2D eigenvalue weighted by Gasteiger charge is 2.28. The van der Waals surface area contributed by atoms with Gasteiger partial charge in [-0.1, -0.05) is 6.07 Å². The number of aromatic nitrogens is 3. The number of fused-ring (bicyclic) bond motifs is 1. The molecule has 0 radical (unpaired) electrons. The molecule has 1 aliphatic rings. The van der Waals surface area contributed by atoms with Gasteiger partial charge in [-0.05, 0) is 44.5 Å². The molecule has 0 aromatic carbocycles. The Balaban J connectivity index is 1.70. The lowest BCUT2D eigenvalue weighted by Gasteiger charge is -2.20. The highest BCUT2D eigenvalue weighted by Crippen LogP contribution is 2.30. The SMILES string of the molecule is Cc1ccc(-c2cc(OC(C)C3CNC(=O)C3)c3ccnn3c2)nc1C. The molecule has 6 heteroatoms. The third-order valence-electron chi connectivity index (χ3n) is 5.10. The van der Waals surface area contributed by atoms with E-state index < -0.39 is 0 Å². The topological polar surface area (TPSA) is 68.5 Å². The molecular weight excluding hydrogens is 328 g/mol. The molecule has 0 aliphatic carbocycles. The highest BCUT2D eigenvalue weighted by molar-refractivity contribution is 5.78. The molecule has 134 valence electrons. The molecule has 6 nitrogen and oxygen atoms in total. The molecule has 1 amide bonds. The zero-order chi connectivity index (χ0) is 18.3. The smallest absolute Gasteiger partial charge is 0.220 e. The van der Waals surface area contributed by atoms with Crippen molar-refractivity contribution in [1.82, 2.24) is 19.9 Å². The van der Waals surface area contributed by atoms with E-state index in [1.165, 1.54) is 0 Å². The monoisotopic (exact) mass is 350 g/mol. The number of pyridine rings is 2. The normalized spacial score (nSPS) is 18.1. The van der Waals surface area contributed by atoms with Crippen LogP contribution >= 0.6 is 0 Å². The second-order valence-corrected chi connectivity index (χ2v) is 6.94. The van der Waals surface area contributed by atoms with E-state index in [1.54, 1.807) is 6.20 Å². The summed E-state index contributed by atoms with van der Waals surface area (Å²) in [5, 5.41) is 7.24. The van der Waals surface area contributed by atoms with Crippen LogP contribution in [0.5, 0.6) is 5.75 Å². The average molecular weight is 350 g/mol. The molecular formula is C20H22N4O2. The summed E-state index contributed by atoms with van der Waals surface area (Å²) in [6.07, 6.45) is 4.15. The van der Waals surface area contributed by atoms with E-state index in [4.69, 9.17) is 9.72 Å². The van der Waals surface area contributed by atoms with Gasteiger partial charge in [0.2, 0.25) is 5.91 Å². The van der Waals surface area contributed by atoms with Crippen LogP contribution in [0, 0.1) is 19.8 Å². The maximum absolute atomic E-state index is 11.5. The van der Waals surface area contributed by atoms with Gasteiger partial charge in [0.05, 0.1) is 11.9 Å². The molecule has 1 saturated heterocycles. The Morgan fingerprint density at radius 2 is 2.15 bits per heavy atom. The number of carbonyl (C=O) groups excluding carboxylic acids is 1. The van der Waals surface area contributed by atoms with Crippen LogP contribution < -0.4 is 10.1 Å². The van der Waals surface area contributed by atoms with Gasteiger partial charge < -0.3 is 10.1 Å². The minimum absolute atomic E-state index is 0.0735. The summed E-state index contributed by atoms with van der Waals surface area (Å²) < 4.78 is 8.07. The predicted molar refractivity (Wildman–Crippen MR) is 99.1 cm³/mol. The Bertz CT molecular complexity index is 979. The van der Waals surface area contributed by atoms with Crippen LogP contribution in [0.15, 0.2) is 36.7 Å². The summed E-state index contributed by atoms with van der Waals surface area (Å²) in [4.78, 5) is 16.2. The number of aryl methyl sites for hydroxylation is 2. The van der Waals surface area contributed by atoms with Crippen LogP contribution in [0.4, 0.5) is 0 Å². The fourth-order valence-electron chi connectivity index (χ4n) is 3.28. The number of nitrogens with one attached hydrogen (secondary N) is 1. The second-order valence-electron chi connectivity index (χ2n) is 6.94. The first kappa shape index (κ1) is 16.6. The molecule has 0 spiro atoms. The van der Waals surface area contributed by atoms with Crippen molar-refractivity contribution < 1.29 is 9.53 Å². The van der Waals surface area contributed by atoms with Gasteiger partial charge in [-0.25, -0.2) is 4.52 Å². The van der Waals surface area contributed by atoms with Crippen LogP contribution in [-0.4, -0.2) is 33.2 Å². The van der Waals surface area contributed by atoms with Gasteiger partial charge >= 0.3 is 0 Å². The highest BCUT2D eigenvalue weighted by atomic mass is 16.5. The Kier molecular flexibility index (Phi) is 4.11. The standard InChI is InChI=1S/C20H22N4O2/c1-12-4-5-17(23-13(12)2)16-8-19(18-6-7-22-24(18)11-16)26-14(3)15-9-20(25)21-10-15/h4-8,11,14-15H,9-10H2,1-3H3,(H,21,25). The minimum atomic E-state index is -0.0735. The number of ether oxygens (including phenoxy) is 1. The third kappa shape index (κ3) is 3.03. The summed E-state index contributed by atoms with van der Waals surface area (Å²) in [7, 11) is 0. The summed E-state index contributed by atoms with van der Waals surface area (Å²) in [6.45, 7) is 6.73. The fraction of sp³-hybridized carbons (Fsp3) is 0.350. The van der Waals surface area contributed by atoms with E-state index in [-0.39, 0.29) is 17.9 Å². The van der Waals surface area contributed by atoms with E-state index in [0.29, 0.717) is 13.0 Å². The first-order chi connectivity index (χ1) is 12.5. The third-order valence-corrected chi connectivity index (χ3v) is 5.10. The van der Waals surface area contributed by atoms with Gasteiger partial charge in [-0.3, -0.25) is 9.78 Å². The Hall–Kier alpha value is -2.89. The number of amides is 1. The molecule has 0 bridgehead atoms.